The molecule has 1 aromatic heterocycles. The van der Waals surface area contributed by atoms with Crippen molar-refractivity contribution in [3.05, 3.63) is 17.6 Å². The van der Waals surface area contributed by atoms with Gasteiger partial charge in [0.25, 0.3) is 0 Å². The molecule has 0 bridgehead atoms. The SMILES string of the molecule is CCNCc1cc(S(=O)(=O)NCCOCC2CC2)c(C)o1. The largest absolute Gasteiger partial charge is 0.464 e. The molecule has 0 atom stereocenters. The highest BCUT2D eigenvalue weighted by Crippen LogP contribution is 2.28. The van der Waals surface area contributed by atoms with E-state index in [0.29, 0.717) is 30.6 Å². The number of furan rings is 1. The van der Waals surface area contributed by atoms with Crippen LogP contribution in [-0.2, 0) is 21.3 Å². The lowest BCUT2D eigenvalue weighted by Gasteiger charge is -2.06. The number of aryl methyl sites for hydroxylation is 1. The van der Waals surface area contributed by atoms with Gasteiger partial charge in [-0.15, -0.1) is 0 Å². The van der Waals surface area contributed by atoms with Gasteiger partial charge >= 0.3 is 0 Å². The van der Waals surface area contributed by atoms with Gasteiger partial charge in [0.2, 0.25) is 10.0 Å². The van der Waals surface area contributed by atoms with Crippen LogP contribution < -0.4 is 10.0 Å². The second kappa shape index (κ2) is 7.40. The van der Waals surface area contributed by atoms with Crippen LogP contribution in [0, 0.1) is 12.8 Å². The highest BCUT2D eigenvalue weighted by molar-refractivity contribution is 7.89. The molecule has 0 unspecified atom stereocenters. The van der Waals surface area contributed by atoms with Gasteiger partial charge < -0.3 is 14.5 Å². The molecule has 0 spiro atoms. The number of hydrogen-bond acceptors (Lipinski definition) is 5. The fourth-order valence-electron chi connectivity index (χ4n) is 1.99. The summed E-state index contributed by atoms with van der Waals surface area (Å²) in [6, 6.07) is 1.57. The molecule has 0 amide bonds. The van der Waals surface area contributed by atoms with E-state index in [9.17, 15) is 8.42 Å². The molecule has 120 valence electrons. The predicted molar refractivity (Wildman–Crippen MR) is 79.6 cm³/mol. The summed E-state index contributed by atoms with van der Waals surface area (Å²) >= 11 is 0. The molecule has 1 aromatic rings. The van der Waals surface area contributed by atoms with Gasteiger partial charge in [-0.1, -0.05) is 6.92 Å². The zero-order valence-electron chi connectivity index (χ0n) is 12.6. The number of nitrogens with one attached hydrogen (secondary N) is 2. The number of sulfonamides is 1. The third-order valence-electron chi connectivity index (χ3n) is 3.35. The van der Waals surface area contributed by atoms with E-state index in [1.165, 1.54) is 12.8 Å². The average Bonchev–Trinajstić information content (AvgIpc) is 3.17. The van der Waals surface area contributed by atoms with Gasteiger partial charge in [-0.05, 0) is 32.2 Å². The van der Waals surface area contributed by atoms with Crippen molar-refractivity contribution in [1.82, 2.24) is 10.0 Å². The van der Waals surface area contributed by atoms with Crippen LogP contribution in [0.4, 0.5) is 0 Å². The Hall–Kier alpha value is -0.890. The van der Waals surface area contributed by atoms with E-state index < -0.39 is 10.0 Å². The Morgan fingerprint density at radius 2 is 2.19 bits per heavy atom. The molecule has 7 heteroatoms. The van der Waals surface area contributed by atoms with Crippen LogP contribution in [0.2, 0.25) is 0 Å². The van der Waals surface area contributed by atoms with E-state index in [1.807, 2.05) is 6.92 Å². The topological polar surface area (TPSA) is 80.6 Å². The fraction of sp³-hybridized carbons (Fsp3) is 0.714. The maximum absolute atomic E-state index is 12.2. The molecule has 1 aliphatic carbocycles. The summed E-state index contributed by atoms with van der Waals surface area (Å²) in [5.74, 6) is 1.72. The monoisotopic (exact) mass is 316 g/mol. The first-order valence-electron chi connectivity index (χ1n) is 7.40. The van der Waals surface area contributed by atoms with E-state index in [-0.39, 0.29) is 11.4 Å². The first-order valence-corrected chi connectivity index (χ1v) is 8.88. The molecule has 21 heavy (non-hydrogen) atoms. The van der Waals surface area contributed by atoms with Crippen molar-refractivity contribution < 1.29 is 17.6 Å². The van der Waals surface area contributed by atoms with E-state index in [1.54, 1.807) is 13.0 Å². The third kappa shape index (κ3) is 5.10. The number of rotatable bonds is 10. The molecule has 1 heterocycles. The summed E-state index contributed by atoms with van der Waals surface area (Å²) in [6.45, 7) is 6.39. The van der Waals surface area contributed by atoms with Crippen LogP contribution in [0.5, 0.6) is 0 Å². The Labute approximate surface area is 126 Å². The highest BCUT2D eigenvalue weighted by atomic mass is 32.2. The molecule has 0 radical (unpaired) electrons. The Bertz CT molecular complexity index is 549. The number of hydrogen-bond donors (Lipinski definition) is 2. The average molecular weight is 316 g/mol. The highest BCUT2D eigenvalue weighted by Gasteiger charge is 2.22. The van der Waals surface area contributed by atoms with Gasteiger partial charge in [-0.25, -0.2) is 13.1 Å². The molecule has 1 aliphatic rings. The summed E-state index contributed by atoms with van der Waals surface area (Å²) in [7, 11) is -3.53. The maximum Gasteiger partial charge on any atom is 0.244 e. The third-order valence-corrected chi connectivity index (χ3v) is 4.92. The van der Waals surface area contributed by atoms with Crippen LogP contribution in [0.25, 0.3) is 0 Å². The minimum absolute atomic E-state index is 0.206. The van der Waals surface area contributed by atoms with Crippen molar-refractivity contribution in [1.29, 1.82) is 0 Å². The van der Waals surface area contributed by atoms with Gasteiger partial charge in [-0.3, -0.25) is 0 Å². The van der Waals surface area contributed by atoms with Gasteiger partial charge in [0, 0.05) is 19.2 Å². The minimum Gasteiger partial charge on any atom is -0.464 e. The van der Waals surface area contributed by atoms with Crippen LogP contribution >= 0.6 is 0 Å². The van der Waals surface area contributed by atoms with Crippen molar-refractivity contribution in [3.8, 4) is 0 Å². The molecule has 1 saturated carbocycles. The van der Waals surface area contributed by atoms with Crippen molar-refractivity contribution in [2.45, 2.75) is 38.1 Å². The lowest BCUT2D eigenvalue weighted by molar-refractivity contribution is 0.129. The smallest absolute Gasteiger partial charge is 0.244 e. The Kier molecular flexibility index (Phi) is 5.80. The summed E-state index contributed by atoms with van der Waals surface area (Å²) in [4.78, 5) is 0.206. The Morgan fingerprint density at radius 1 is 1.43 bits per heavy atom. The van der Waals surface area contributed by atoms with E-state index in [0.717, 1.165) is 13.2 Å². The van der Waals surface area contributed by atoms with Crippen LogP contribution in [0.1, 0.15) is 31.3 Å². The zero-order chi connectivity index (χ0) is 15.3. The van der Waals surface area contributed by atoms with E-state index >= 15 is 0 Å². The lowest BCUT2D eigenvalue weighted by Crippen LogP contribution is -2.27. The van der Waals surface area contributed by atoms with E-state index in [4.69, 9.17) is 9.15 Å². The molecule has 0 aromatic carbocycles. The van der Waals surface area contributed by atoms with Crippen molar-refractivity contribution in [2.75, 3.05) is 26.3 Å². The van der Waals surface area contributed by atoms with Crippen molar-refractivity contribution >= 4 is 10.0 Å². The molecule has 6 nitrogen and oxygen atoms in total. The first-order chi connectivity index (χ1) is 10.0. The Morgan fingerprint density at radius 3 is 2.86 bits per heavy atom. The second-order valence-electron chi connectivity index (χ2n) is 5.33. The molecule has 0 aliphatic heterocycles. The van der Waals surface area contributed by atoms with Crippen molar-refractivity contribution in [2.24, 2.45) is 5.92 Å². The quantitative estimate of drug-likeness (QED) is 0.638. The maximum atomic E-state index is 12.2. The summed E-state index contributed by atoms with van der Waals surface area (Å²) in [5.41, 5.74) is 0. The molecular formula is C14H24N2O4S. The molecule has 0 saturated heterocycles. The predicted octanol–water partition coefficient (Wildman–Crippen LogP) is 1.40. The van der Waals surface area contributed by atoms with Gasteiger partial charge in [-0.2, -0.15) is 0 Å². The first kappa shape index (κ1) is 16.5. The fourth-order valence-corrected chi connectivity index (χ4v) is 3.20. The molecule has 1 fully saturated rings. The normalized spacial score (nSPS) is 15.5. The molecular weight excluding hydrogens is 292 g/mol. The number of ether oxygens (including phenoxy) is 1. The van der Waals surface area contributed by atoms with Crippen LogP contribution in [0.3, 0.4) is 0 Å². The lowest BCUT2D eigenvalue weighted by atomic mass is 10.4. The van der Waals surface area contributed by atoms with E-state index in [2.05, 4.69) is 10.0 Å². The summed E-state index contributed by atoms with van der Waals surface area (Å²) < 4.78 is 37.8. The standard InChI is InChI=1S/C14H24N2O4S/c1-3-15-9-13-8-14(11(2)20-13)21(17,18)16-6-7-19-10-12-4-5-12/h8,12,15-16H,3-7,9-10H2,1-2H3. The molecule has 2 N–H and O–H groups in total. The zero-order valence-corrected chi connectivity index (χ0v) is 13.5. The summed E-state index contributed by atoms with van der Waals surface area (Å²) in [6.07, 6.45) is 2.46. The van der Waals surface area contributed by atoms with Crippen LogP contribution in [-0.4, -0.2) is 34.7 Å². The molecule has 2 rings (SSSR count). The second-order valence-corrected chi connectivity index (χ2v) is 7.06. The van der Waals surface area contributed by atoms with Gasteiger partial charge in [0.15, 0.2) is 0 Å². The van der Waals surface area contributed by atoms with Crippen molar-refractivity contribution in [3.63, 3.8) is 0 Å². The van der Waals surface area contributed by atoms with Crippen LogP contribution in [0.15, 0.2) is 15.4 Å². The Balaban J connectivity index is 1.83. The summed E-state index contributed by atoms with van der Waals surface area (Å²) in [5, 5.41) is 3.10. The minimum atomic E-state index is -3.53. The van der Waals surface area contributed by atoms with Gasteiger partial charge in [0.05, 0.1) is 13.2 Å². The van der Waals surface area contributed by atoms with Gasteiger partial charge in [0.1, 0.15) is 16.4 Å².